The van der Waals surface area contributed by atoms with Crippen LogP contribution in [-0.2, 0) is 23.3 Å². The number of aliphatic hydroxyl groups is 2. The average molecular weight is 601 g/mol. The van der Waals surface area contributed by atoms with E-state index >= 15 is 0 Å². The van der Waals surface area contributed by atoms with Gasteiger partial charge >= 0.3 is 0 Å². The summed E-state index contributed by atoms with van der Waals surface area (Å²) >= 11 is 0. The Balaban J connectivity index is 1.13. The van der Waals surface area contributed by atoms with Gasteiger partial charge in [0.05, 0.1) is 24.5 Å². The predicted molar refractivity (Wildman–Crippen MR) is 172 cm³/mol. The lowest BCUT2D eigenvalue weighted by Gasteiger charge is -2.22. The van der Waals surface area contributed by atoms with Crippen molar-refractivity contribution < 1.29 is 19.7 Å². The van der Waals surface area contributed by atoms with E-state index in [-0.39, 0.29) is 18.1 Å². The van der Waals surface area contributed by atoms with Crippen LogP contribution in [0.1, 0.15) is 86.7 Å². The molecule has 0 saturated heterocycles. The smallest absolute Gasteiger partial charge is 0.222 e. The first kappa shape index (κ1) is 32.1. The fourth-order valence-corrected chi connectivity index (χ4v) is 5.74. The summed E-state index contributed by atoms with van der Waals surface area (Å²) in [4.78, 5) is 23.8. The number of nitrogens with zero attached hydrogens (tertiary/aromatic N) is 3. The molecule has 2 aromatic heterocycles. The highest BCUT2D eigenvalue weighted by Gasteiger charge is 2.46. The van der Waals surface area contributed by atoms with Crippen LogP contribution in [0.4, 0.5) is 0 Å². The van der Waals surface area contributed by atoms with E-state index in [1.807, 2.05) is 25.5 Å². The van der Waals surface area contributed by atoms with Gasteiger partial charge in [0.2, 0.25) is 5.91 Å². The molecule has 0 spiro atoms. The minimum atomic E-state index is -0.661. The summed E-state index contributed by atoms with van der Waals surface area (Å²) in [5.74, 6) is 1.10. The zero-order valence-corrected chi connectivity index (χ0v) is 26.3. The summed E-state index contributed by atoms with van der Waals surface area (Å²) in [6.07, 6.45) is 13.2. The van der Waals surface area contributed by atoms with Gasteiger partial charge in [-0.1, -0.05) is 24.3 Å². The Hall–Kier alpha value is -3.33. The molecule has 3 N–H and O–H groups in total. The maximum atomic E-state index is 12.5. The van der Waals surface area contributed by atoms with Crippen molar-refractivity contribution in [3.05, 3.63) is 77.4 Å². The molecular weight excluding hydrogens is 552 g/mol. The Morgan fingerprint density at radius 1 is 1.09 bits per heavy atom. The Labute approximate surface area is 261 Å². The Morgan fingerprint density at radius 3 is 2.68 bits per heavy atom. The summed E-state index contributed by atoms with van der Waals surface area (Å²) in [7, 11) is 1.84. The monoisotopic (exact) mass is 600 g/mol. The second kappa shape index (κ2) is 15.1. The van der Waals surface area contributed by atoms with E-state index in [1.165, 1.54) is 16.7 Å². The first-order chi connectivity index (χ1) is 21.4. The van der Waals surface area contributed by atoms with Gasteiger partial charge in [0, 0.05) is 55.7 Å². The molecule has 0 aliphatic heterocycles. The Morgan fingerprint density at radius 2 is 1.91 bits per heavy atom. The van der Waals surface area contributed by atoms with Crippen molar-refractivity contribution >= 4 is 5.91 Å². The summed E-state index contributed by atoms with van der Waals surface area (Å²) in [6.45, 7) is 3.28. The minimum absolute atomic E-state index is 0.120. The van der Waals surface area contributed by atoms with Crippen molar-refractivity contribution in [3.8, 4) is 16.9 Å². The van der Waals surface area contributed by atoms with Gasteiger partial charge < -0.3 is 25.2 Å². The number of para-hydroxylation sites is 1. The first-order valence-electron chi connectivity index (χ1n) is 16.3. The van der Waals surface area contributed by atoms with Crippen LogP contribution in [0.3, 0.4) is 0 Å². The van der Waals surface area contributed by atoms with Crippen LogP contribution in [0.25, 0.3) is 11.1 Å². The number of pyridine rings is 2. The molecule has 2 heterocycles. The van der Waals surface area contributed by atoms with E-state index in [0.717, 1.165) is 80.5 Å². The van der Waals surface area contributed by atoms with Gasteiger partial charge in [0.15, 0.2) is 0 Å². The molecule has 1 unspecified atom stereocenters. The van der Waals surface area contributed by atoms with E-state index in [0.29, 0.717) is 32.0 Å². The second-order valence-electron chi connectivity index (χ2n) is 12.6. The lowest BCUT2D eigenvalue weighted by Crippen LogP contribution is -2.30. The summed E-state index contributed by atoms with van der Waals surface area (Å²) in [5.41, 5.74) is 6.72. The van der Waals surface area contributed by atoms with Crippen LogP contribution in [0.5, 0.6) is 5.75 Å². The Bertz CT molecular complexity index is 1390. The fourth-order valence-electron chi connectivity index (χ4n) is 5.74. The molecular formula is C36H48N4O4. The van der Waals surface area contributed by atoms with Crippen molar-refractivity contribution in [1.29, 1.82) is 0 Å². The number of hydrogen-bond donors (Lipinski definition) is 3. The quantitative estimate of drug-likeness (QED) is 0.166. The number of benzene rings is 1. The van der Waals surface area contributed by atoms with E-state index in [2.05, 4.69) is 53.6 Å². The van der Waals surface area contributed by atoms with Gasteiger partial charge in [-0.05, 0) is 106 Å². The third kappa shape index (κ3) is 8.65. The van der Waals surface area contributed by atoms with Crippen LogP contribution in [0.15, 0.2) is 54.9 Å². The summed E-state index contributed by atoms with van der Waals surface area (Å²) < 4.78 is 6.27. The zero-order chi connectivity index (χ0) is 30.9. The number of unbranched alkanes of at least 4 members (excludes halogenated alkanes) is 2. The number of rotatable bonds is 18. The fraction of sp³-hybridized carbons (Fsp3) is 0.528. The molecule has 236 valence electrons. The molecule has 2 saturated carbocycles. The van der Waals surface area contributed by atoms with Crippen LogP contribution < -0.4 is 10.1 Å². The zero-order valence-electron chi connectivity index (χ0n) is 26.3. The molecule has 8 nitrogen and oxygen atoms in total. The van der Waals surface area contributed by atoms with E-state index in [4.69, 9.17) is 14.8 Å². The lowest BCUT2D eigenvalue weighted by molar-refractivity contribution is -0.130. The van der Waals surface area contributed by atoms with Crippen molar-refractivity contribution in [1.82, 2.24) is 20.2 Å². The number of aryl methyl sites for hydroxylation is 2. The highest BCUT2D eigenvalue weighted by atomic mass is 16.5. The molecule has 2 aliphatic rings. The molecule has 5 rings (SSSR count). The van der Waals surface area contributed by atoms with Crippen molar-refractivity contribution in [2.75, 3.05) is 20.2 Å². The standard InChI is InChI=1S/C36H48N4O4/c1-26-14-15-27(9-3-6-13-35(43)40(2)22-8-7-10-28(42)25-41)39-33(26)24-38-36(19-20-36)32-23-37-21-18-30(32)31-11-4-5-12-34(31)44-29-16-17-29/h4-5,11-12,14-15,18,21,23,28-29,38,41-42H,3,6-10,13,16-17,19-20,22,24-25H2,1-2H3. The summed E-state index contributed by atoms with van der Waals surface area (Å²) in [5, 5.41) is 22.2. The van der Waals surface area contributed by atoms with Crippen LogP contribution in [0.2, 0.25) is 0 Å². The largest absolute Gasteiger partial charge is 0.490 e. The molecule has 8 heteroatoms. The molecule has 1 aromatic carbocycles. The second-order valence-corrected chi connectivity index (χ2v) is 12.6. The highest BCUT2D eigenvalue weighted by Crippen LogP contribution is 2.50. The third-order valence-electron chi connectivity index (χ3n) is 8.93. The van der Waals surface area contributed by atoms with Crippen molar-refractivity contribution in [2.24, 2.45) is 0 Å². The molecule has 44 heavy (non-hydrogen) atoms. The minimum Gasteiger partial charge on any atom is -0.490 e. The first-order valence-corrected chi connectivity index (χ1v) is 16.3. The molecule has 0 bridgehead atoms. The number of amides is 1. The third-order valence-corrected chi connectivity index (χ3v) is 8.93. The van der Waals surface area contributed by atoms with Crippen LogP contribution in [-0.4, -0.2) is 63.4 Å². The van der Waals surface area contributed by atoms with Gasteiger partial charge in [-0.25, -0.2) is 0 Å². The van der Waals surface area contributed by atoms with Gasteiger partial charge in [-0.3, -0.25) is 14.8 Å². The van der Waals surface area contributed by atoms with E-state index < -0.39 is 6.10 Å². The lowest BCUT2D eigenvalue weighted by atomic mass is 9.94. The van der Waals surface area contributed by atoms with Gasteiger partial charge in [0.25, 0.3) is 0 Å². The number of hydrogen-bond acceptors (Lipinski definition) is 7. The predicted octanol–water partition coefficient (Wildman–Crippen LogP) is 5.47. The average Bonchev–Trinajstić information content (AvgIpc) is 3.99. The molecule has 1 atom stereocenters. The van der Waals surface area contributed by atoms with Crippen LogP contribution >= 0.6 is 0 Å². The maximum Gasteiger partial charge on any atom is 0.222 e. The molecule has 0 radical (unpaired) electrons. The molecule has 1 amide bonds. The van der Waals surface area contributed by atoms with Gasteiger partial charge in [0.1, 0.15) is 5.75 Å². The molecule has 2 fully saturated rings. The topological polar surface area (TPSA) is 108 Å². The van der Waals surface area contributed by atoms with Crippen LogP contribution in [0, 0.1) is 6.92 Å². The Kier molecular flexibility index (Phi) is 11.0. The van der Waals surface area contributed by atoms with Gasteiger partial charge in [-0.2, -0.15) is 0 Å². The van der Waals surface area contributed by atoms with E-state index in [9.17, 15) is 9.90 Å². The number of nitrogens with one attached hydrogen (secondary N) is 1. The highest BCUT2D eigenvalue weighted by molar-refractivity contribution is 5.76. The summed E-state index contributed by atoms with van der Waals surface area (Å²) in [6, 6.07) is 14.7. The van der Waals surface area contributed by atoms with E-state index in [1.54, 1.807) is 4.90 Å². The molecule has 3 aromatic rings. The number of carbonyl (C=O) groups is 1. The SMILES string of the molecule is Cc1ccc(CCCCC(=O)N(C)CCCCC(O)CO)nc1CNC1(c2cnccc2-c2ccccc2OC2CC2)CC1. The van der Waals surface area contributed by atoms with Gasteiger partial charge in [-0.15, -0.1) is 0 Å². The number of carbonyl (C=O) groups excluding carboxylic acids is 1. The maximum absolute atomic E-state index is 12.5. The van der Waals surface area contributed by atoms with Crippen molar-refractivity contribution in [2.45, 2.75) is 102 Å². The number of ether oxygens (including phenoxy) is 1. The number of aliphatic hydroxyl groups excluding tert-OH is 2. The number of aromatic nitrogens is 2. The molecule has 2 aliphatic carbocycles. The van der Waals surface area contributed by atoms with Crippen molar-refractivity contribution in [3.63, 3.8) is 0 Å². The normalized spacial score (nSPS) is 16.0.